The zero-order valence-electron chi connectivity index (χ0n) is 13.0. The third-order valence-electron chi connectivity index (χ3n) is 3.23. The highest BCUT2D eigenvalue weighted by Gasteiger charge is 2.10. The standard InChI is InChI=1S/C16H24N2O3/c1-4-5-10-18(2)16(20)12-17-15(19)11-13-6-8-14(21-3)9-7-13/h6-9H,4-5,10-12H2,1-3H3,(H,17,19). The van der Waals surface area contributed by atoms with Crippen LogP contribution in [0.1, 0.15) is 25.3 Å². The van der Waals surface area contributed by atoms with Gasteiger partial charge in [-0.15, -0.1) is 0 Å². The average Bonchev–Trinajstić information content (AvgIpc) is 2.50. The Morgan fingerprint density at radius 2 is 1.90 bits per heavy atom. The van der Waals surface area contributed by atoms with Crippen molar-refractivity contribution in [1.82, 2.24) is 10.2 Å². The Bertz CT molecular complexity index is 457. The number of rotatable bonds is 8. The zero-order chi connectivity index (χ0) is 15.7. The molecule has 5 nitrogen and oxygen atoms in total. The molecule has 5 heteroatoms. The number of likely N-dealkylation sites (N-methyl/N-ethyl adjacent to an activating group) is 1. The van der Waals surface area contributed by atoms with Crippen LogP contribution in [0.4, 0.5) is 0 Å². The van der Waals surface area contributed by atoms with Gasteiger partial charge in [0.25, 0.3) is 0 Å². The van der Waals surface area contributed by atoms with Gasteiger partial charge in [-0.2, -0.15) is 0 Å². The second-order valence-electron chi connectivity index (χ2n) is 4.97. The van der Waals surface area contributed by atoms with Crippen LogP contribution in [0.3, 0.4) is 0 Å². The molecule has 1 rings (SSSR count). The van der Waals surface area contributed by atoms with Gasteiger partial charge in [0.1, 0.15) is 5.75 Å². The number of amides is 2. The summed E-state index contributed by atoms with van der Waals surface area (Å²) in [5.74, 6) is 0.538. The summed E-state index contributed by atoms with van der Waals surface area (Å²) < 4.78 is 5.06. The van der Waals surface area contributed by atoms with Crippen LogP contribution in [0.2, 0.25) is 0 Å². The topological polar surface area (TPSA) is 58.6 Å². The Balaban J connectivity index is 2.34. The number of hydrogen-bond acceptors (Lipinski definition) is 3. The molecule has 0 radical (unpaired) electrons. The minimum atomic E-state index is -0.155. The highest BCUT2D eigenvalue weighted by molar-refractivity contribution is 5.85. The van der Waals surface area contributed by atoms with Gasteiger partial charge < -0.3 is 15.0 Å². The van der Waals surface area contributed by atoms with Gasteiger partial charge >= 0.3 is 0 Å². The first kappa shape index (κ1) is 17.0. The number of hydrogen-bond donors (Lipinski definition) is 1. The summed E-state index contributed by atoms with van der Waals surface area (Å²) >= 11 is 0. The van der Waals surface area contributed by atoms with Crippen molar-refractivity contribution in [1.29, 1.82) is 0 Å². The summed E-state index contributed by atoms with van der Waals surface area (Å²) in [6.45, 7) is 2.85. The Morgan fingerprint density at radius 3 is 2.48 bits per heavy atom. The maximum Gasteiger partial charge on any atom is 0.241 e. The van der Waals surface area contributed by atoms with Gasteiger partial charge in [0.2, 0.25) is 11.8 Å². The van der Waals surface area contributed by atoms with Crippen molar-refractivity contribution in [2.24, 2.45) is 0 Å². The van der Waals surface area contributed by atoms with Crippen LogP contribution in [-0.2, 0) is 16.0 Å². The van der Waals surface area contributed by atoms with Crippen molar-refractivity contribution in [3.05, 3.63) is 29.8 Å². The van der Waals surface area contributed by atoms with Gasteiger partial charge in [-0.3, -0.25) is 9.59 Å². The highest BCUT2D eigenvalue weighted by atomic mass is 16.5. The number of unbranched alkanes of at least 4 members (excludes halogenated alkanes) is 1. The molecule has 0 aliphatic heterocycles. The fraction of sp³-hybridized carbons (Fsp3) is 0.500. The van der Waals surface area contributed by atoms with Crippen LogP contribution in [0.15, 0.2) is 24.3 Å². The van der Waals surface area contributed by atoms with Gasteiger partial charge in [-0.05, 0) is 24.1 Å². The fourth-order valence-corrected chi connectivity index (χ4v) is 1.82. The highest BCUT2D eigenvalue weighted by Crippen LogP contribution is 2.11. The van der Waals surface area contributed by atoms with E-state index in [1.54, 1.807) is 19.1 Å². The molecule has 21 heavy (non-hydrogen) atoms. The van der Waals surface area contributed by atoms with E-state index in [1.165, 1.54) is 0 Å². The molecule has 1 aromatic rings. The van der Waals surface area contributed by atoms with E-state index in [9.17, 15) is 9.59 Å². The quantitative estimate of drug-likeness (QED) is 0.792. The number of carbonyl (C=O) groups excluding carboxylic acids is 2. The molecule has 0 aromatic heterocycles. The zero-order valence-corrected chi connectivity index (χ0v) is 13.0. The van der Waals surface area contributed by atoms with Crippen LogP contribution >= 0.6 is 0 Å². The summed E-state index contributed by atoms with van der Waals surface area (Å²) in [5, 5.41) is 2.66. The maximum atomic E-state index is 11.8. The Labute approximate surface area is 126 Å². The second-order valence-corrected chi connectivity index (χ2v) is 4.97. The van der Waals surface area contributed by atoms with E-state index >= 15 is 0 Å². The third kappa shape index (κ3) is 6.29. The minimum absolute atomic E-state index is 0.0508. The molecule has 2 amide bonds. The van der Waals surface area contributed by atoms with Crippen molar-refractivity contribution in [3.63, 3.8) is 0 Å². The van der Waals surface area contributed by atoms with Crippen LogP contribution in [0.5, 0.6) is 5.75 Å². The van der Waals surface area contributed by atoms with E-state index in [2.05, 4.69) is 12.2 Å². The molecule has 0 aliphatic carbocycles. The molecule has 1 aromatic carbocycles. The normalized spacial score (nSPS) is 10.0. The number of benzene rings is 1. The predicted octanol–water partition coefficient (Wildman–Crippen LogP) is 1.61. The van der Waals surface area contributed by atoms with Crippen molar-refractivity contribution in [2.45, 2.75) is 26.2 Å². The molecule has 0 bridgehead atoms. The molecule has 0 aliphatic rings. The van der Waals surface area contributed by atoms with Crippen LogP contribution in [0, 0.1) is 0 Å². The summed E-state index contributed by atoms with van der Waals surface area (Å²) in [4.78, 5) is 25.2. The lowest BCUT2D eigenvalue weighted by Crippen LogP contribution is -2.39. The molecule has 0 fully saturated rings. The molecule has 0 saturated carbocycles. The van der Waals surface area contributed by atoms with Gasteiger partial charge in [0, 0.05) is 13.6 Å². The molecule has 0 saturated heterocycles. The molecule has 0 unspecified atom stereocenters. The maximum absolute atomic E-state index is 11.8. The SMILES string of the molecule is CCCCN(C)C(=O)CNC(=O)Cc1ccc(OC)cc1. The lowest BCUT2D eigenvalue weighted by Gasteiger charge is -2.16. The summed E-state index contributed by atoms with van der Waals surface area (Å²) in [7, 11) is 3.36. The van der Waals surface area contributed by atoms with Crippen LogP contribution in [0.25, 0.3) is 0 Å². The first-order chi connectivity index (χ1) is 10.1. The number of methoxy groups -OCH3 is 1. The van der Waals surface area contributed by atoms with E-state index in [4.69, 9.17) is 4.74 Å². The van der Waals surface area contributed by atoms with Gasteiger partial charge in [0.15, 0.2) is 0 Å². The molecule has 0 atom stereocenters. The van der Waals surface area contributed by atoms with Crippen LogP contribution < -0.4 is 10.1 Å². The number of carbonyl (C=O) groups is 2. The van der Waals surface area contributed by atoms with Crippen molar-refractivity contribution < 1.29 is 14.3 Å². The van der Waals surface area contributed by atoms with Gasteiger partial charge in [-0.25, -0.2) is 0 Å². The first-order valence-electron chi connectivity index (χ1n) is 7.20. The van der Waals surface area contributed by atoms with Gasteiger partial charge in [0.05, 0.1) is 20.1 Å². The minimum Gasteiger partial charge on any atom is -0.497 e. The van der Waals surface area contributed by atoms with E-state index in [-0.39, 0.29) is 24.8 Å². The third-order valence-corrected chi connectivity index (χ3v) is 3.23. The molecule has 1 N–H and O–H groups in total. The molecule has 116 valence electrons. The largest absolute Gasteiger partial charge is 0.497 e. The number of nitrogens with one attached hydrogen (secondary N) is 1. The van der Waals surface area contributed by atoms with Crippen molar-refractivity contribution in [2.75, 3.05) is 27.2 Å². The fourth-order valence-electron chi connectivity index (χ4n) is 1.82. The Hall–Kier alpha value is -2.04. The number of nitrogens with zero attached hydrogens (tertiary/aromatic N) is 1. The molecule has 0 spiro atoms. The van der Waals surface area contributed by atoms with Crippen molar-refractivity contribution >= 4 is 11.8 Å². The predicted molar refractivity (Wildman–Crippen MR) is 82.3 cm³/mol. The lowest BCUT2D eigenvalue weighted by molar-refractivity contribution is -0.131. The van der Waals surface area contributed by atoms with E-state index in [0.717, 1.165) is 30.7 Å². The Kier molecular flexibility index (Phi) is 7.29. The molecular weight excluding hydrogens is 268 g/mol. The molecular formula is C16H24N2O3. The van der Waals surface area contributed by atoms with Crippen LogP contribution in [-0.4, -0.2) is 44.0 Å². The average molecular weight is 292 g/mol. The van der Waals surface area contributed by atoms with Crippen molar-refractivity contribution in [3.8, 4) is 5.75 Å². The summed E-state index contributed by atoms with van der Waals surface area (Å²) in [6.07, 6.45) is 2.28. The monoisotopic (exact) mass is 292 g/mol. The first-order valence-corrected chi connectivity index (χ1v) is 7.20. The van der Waals surface area contributed by atoms with E-state index in [0.29, 0.717) is 0 Å². The van der Waals surface area contributed by atoms with E-state index < -0.39 is 0 Å². The summed E-state index contributed by atoms with van der Waals surface area (Å²) in [5.41, 5.74) is 0.889. The van der Waals surface area contributed by atoms with E-state index in [1.807, 2.05) is 24.3 Å². The smallest absolute Gasteiger partial charge is 0.241 e. The second kappa shape index (κ2) is 9.00. The Morgan fingerprint density at radius 1 is 1.24 bits per heavy atom. The lowest BCUT2D eigenvalue weighted by atomic mass is 10.1. The molecule has 0 heterocycles. The van der Waals surface area contributed by atoms with Gasteiger partial charge in [-0.1, -0.05) is 25.5 Å². The number of ether oxygens (including phenoxy) is 1. The summed E-state index contributed by atoms with van der Waals surface area (Å²) in [6, 6.07) is 7.31.